The third kappa shape index (κ3) is 1.61. The molecule has 0 spiro atoms. The summed E-state index contributed by atoms with van der Waals surface area (Å²) in [5.74, 6) is 0. The summed E-state index contributed by atoms with van der Waals surface area (Å²) in [6, 6.07) is 7.53. The monoisotopic (exact) mass is 210 g/mol. The van der Waals surface area contributed by atoms with Crippen molar-refractivity contribution < 1.29 is 4.79 Å². The van der Waals surface area contributed by atoms with Gasteiger partial charge in [-0.15, -0.1) is 17.3 Å². The molecule has 1 aromatic carbocycles. The van der Waals surface area contributed by atoms with Gasteiger partial charge in [0.05, 0.1) is 5.69 Å². The van der Waals surface area contributed by atoms with Gasteiger partial charge in [-0.25, -0.2) is 10.2 Å². The number of thioether (sulfide) groups is 1. The van der Waals surface area contributed by atoms with E-state index < -0.39 is 0 Å². The van der Waals surface area contributed by atoms with E-state index in [2.05, 4.69) is 16.4 Å². The van der Waals surface area contributed by atoms with Gasteiger partial charge in [-0.1, -0.05) is 12.1 Å². The van der Waals surface area contributed by atoms with Crippen LogP contribution < -0.4 is 21.5 Å². The van der Waals surface area contributed by atoms with Crippen molar-refractivity contribution in [1.29, 1.82) is 0 Å². The Labute approximate surface area is 85.8 Å². The number of benzene rings is 1. The van der Waals surface area contributed by atoms with Crippen LogP contribution in [0.25, 0.3) is 0 Å². The first-order valence-electron chi connectivity index (χ1n) is 4.06. The quantitative estimate of drug-likeness (QED) is 0.634. The predicted molar refractivity (Wildman–Crippen MR) is 55.5 cm³/mol. The first kappa shape index (κ1) is 9.17. The smallest absolute Gasteiger partial charge is 0.252 e. The molecule has 1 heterocycles. The molecule has 1 aliphatic rings. The maximum Gasteiger partial charge on any atom is 0.350 e. The fourth-order valence-corrected chi connectivity index (χ4v) is 1.78. The van der Waals surface area contributed by atoms with Gasteiger partial charge >= 0.3 is 6.03 Å². The number of amides is 2. The lowest BCUT2D eigenvalue weighted by molar-refractivity contribution is 0.247. The van der Waals surface area contributed by atoms with Crippen LogP contribution in [0.5, 0.6) is 0 Å². The molecule has 0 aliphatic carbocycles. The normalized spacial score (nSPS) is 15.2. The van der Waals surface area contributed by atoms with Gasteiger partial charge in [0.1, 0.15) is 0 Å². The minimum Gasteiger partial charge on any atom is -0.252 e. The third-order valence-corrected chi connectivity index (χ3v) is 2.61. The van der Waals surface area contributed by atoms with E-state index in [0.717, 1.165) is 10.6 Å². The molecule has 1 fully saturated rings. The van der Waals surface area contributed by atoms with Crippen molar-refractivity contribution in [3.63, 3.8) is 0 Å². The van der Waals surface area contributed by atoms with Gasteiger partial charge in [0.2, 0.25) is 0 Å². The second kappa shape index (κ2) is 3.77. The fourth-order valence-electron chi connectivity index (χ4n) is 1.20. The Morgan fingerprint density at radius 1 is 1.36 bits per heavy atom. The van der Waals surface area contributed by atoms with Gasteiger partial charge < -0.3 is 0 Å². The minimum absolute atomic E-state index is 0.263. The van der Waals surface area contributed by atoms with Gasteiger partial charge in [-0.3, -0.25) is 5.43 Å². The highest BCUT2D eigenvalue weighted by molar-refractivity contribution is 7.98. The molecular formula is C8H10N4OS. The number of hydrogen-bond donors (Lipinski definition) is 3. The van der Waals surface area contributed by atoms with Crippen molar-refractivity contribution in [2.24, 2.45) is 0 Å². The SMILES string of the molecule is CSc1ccccc1N1NNC(=O)N1. The lowest BCUT2D eigenvalue weighted by atomic mass is 10.3. The molecule has 2 rings (SSSR count). The molecule has 5 nitrogen and oxygen atoms in total. The Bertz CT molecular complexity index is 357. The Morgan fingerprint density at radius 3 is 2.79 bits per heavy atom. The summed E-state index contributed by atoms with van der Waals surface area (Å²) in [6.07, 6.45) is 1.99. The van der Waals surface area contributed by atoms with Crippen LogP contribution in [-0.4, -0.2) is 12.3 Å². The third-order valence-electron chi connectivity index (χ3n) is 1.82. The van der Waals surface area contributed by atoms with E-state index in [-0.39, 0.29) is 6.03 Å². The molecule has 6 heteroatoms. The Morgan fingerprint density at radius 2 is 2.14 bits per heavy atom. The minimum atomic E-state index is -0.263. The topological polar surface area (TPSA) is 56.4 Å². The summed E-state index contributed by atoms with van der Waals surface area (Å²) in [4.78, 5) is 12.0. The molecule has 0 aromatic heterocycles. The van der Waals surface area contributed by atoms with E-state index in [4.69, 9.17) is 0 Å². The fraction of sp³-hybridized carbons (Fsp3) is 0.125. The molecule has 14 heavy (non-hydrogen) atoms. The predicted octanol–water partition coefficient (Wildman–Crippen LogP) is 0.862. The average molecular weight is 210 g/mol. The van der Waals surface area contributed by atoms with Crippen LogP contribution in [0.1, 0.15) is 0 Å². The van der Waals surface area contributed by atoms with Crippen molar-refractivity contribution in [3.8, 4) is 0 Å². The van der Waals surface area contributed by atoms with Crippen LogP contribution in [0, 0.1) is 0 Å². The van der Waals surface area contributed by atoms with E-state index in [9.17, 15) is 4.79 Å². The summed E-state index contributed by atoms with van der Waals surface area (Å²) in [7, 11) is 0. The van der Waals surface area contributed by atoms with E-state index >= 15 is 0 Å². The summed E-state index contributed by atoms with van der Waals surface area (Å²) < 4.78 is 0. The molecule has 74 valence electrons. The molecule has 1 aliphatic heterocycles. The number of carbonyl (C=O) groups excluding carboxylic acids is 1. The summed E-state index contributed by atoms with van der Waals surface area (Å²) in [5.41, 5.74) is 8.66. The number of nitrogens with one attached hydrogen (secondary N) is 3. The zero-order chi connectivity index (χ0) is 9.97. The number of carbonyl (C=O) groups is 1. The van der Waals surface area contributed by atoms with Gasteiger partial charge in [-0.2, -0.15) is 5.12 Å². The van der Waals surface area contributed by atoms with Gasteiger partial charge in [0, 0.05) is 4.90 Å². The van der Waals surface area contributed by atoms with Gasteiger partial charge in [0.15, 0.2) is 0 Å². The maximum absolute atomic E-state index is 10.9. The molecule has 1 saturated heterocycles. The number of anilines is 1. The largest absolute Gasteiger partial charge is 0.350 e. The van der Waals surface area contributed by atoms with Crippen LogP contribution in [0.2, 0.25) is 0 Å². The number of hydrazine groups is 3. The van der Waals surface area contributed by atoms with E-state index in [1.54, 1.807) is 16.9 Å². The van der Waals surface area contributed by atoms with E-state index in [1.165, 1.54) is 0 Å². The molecular weight excluding hydrogens is 200 g/mol. The first-order valence-corrected chi connectivity index (χ1v) is 5.29. The van der Waals surface area contributed by atoms with Crippen LogP contribution >= 0.6 is 11.8 Å². The zero-order valence-corrected chi connectivity index (χ0v) is 8.39. The lowest BCUT2D eigenvalue weighted by Gasteiger charge is -2.17. The molecule has 1 aromatic rings. The number of rotatable bonds is 2. The molecule has 0 atom stereocenters. The van der Waals surface area contributed by atoms with E-state index in [1.807, 2.05) is 30.5 Å². The van der Waals surface area contributed by atoms with Crippen molar-refractivity contribution in [1.82, 2.24) is 16.4 Å². The number of hydrogen-bond acceptors (Lipinski definition) is 4. The highest BCUT2D eigenvalue weighted by Gasteiger charge is 2.18. The second-order valence-corrected chi connectivity index (χ2v) is 3.53. The summed E-state index contributed by atoms with van der Waals surface area (Å²) >= 11 is 1.62. The van der Waals surface area contributed by atoms with Crippen molar-refractivity contribution in [3.05, 3.63) is 24.3 Å². The van der Waals surface area contributed by atoms with Gasteiger partial charge in [0.25, 0.3) is 0 Å². The number of urea groups is 1. The molecule has 0 bridgehead atoms. The van der Waals surface area contributed by atoms with Crippen molar-refractivity contribution in [2.45, 2.75) is 4.90 Å². The molecule has 3 N–H and O–H groups in total. The Kier molecular flexibility index (Phi) is 2.47. The molecule has 0 unspecified atom stereocenters. The molecule has 2 amide bonds. The maximum atomic E-state index is 10.9. The molecule has 0 saturated carbocycles. The standard InChI is InChI=1S/C8H10N4OS/c1-14-7-5-3-2-4-6(7)12-10-8(13)9-11-12/h2-5,11H,1H3,(H2,9,10,13). The van der Waals surface area contributed by atoms with Gasteiger partial charge in [-0.05, 0) is 18.4 Å². The van der Waals surface area contributed by atoms with Crippen LogP contribution in [0.3, 0.4) is 0 Å². The Hall–Kier alpha value is -1.40. The summed E-state index contributed by atoms with van der Waals surface area (Å²) in [5, 5.41) is 1.55. The van der Waals surface area contributed by atoms with Crippen molar-refractivity contribution >= 4 is 23.5 Å². The average Bonchev–Trinajstić information content (AvgIpc) is 2.65. The number of para-hydroxylation sites is 1. The second-order valence-electron chi connectivity index (χ2n) is 2.68. The van der Waals surface area contributed by atoms with E-state index in [0.29, 0.717) is 0 Å². The summed E-state index contributed by atoms with van der Waals surface area (Å²) in [6.45, 7) is 0. The molecule has 0 radical (unpaired) electrons. The van der Waals surface area contributed by atoms with Crippen LogP contribution in [0.4, 0.5) is 10.5 Å². The highest BCUT2D eigenvalue weighted by atomic mass is 32.2. The number of nitrogens with zero attached hydrogens (tertiary/aromatic N) is 1. The lowest BCUT2D eigenvalue weighted by Crippen LogP contribution is -2.40. The van der Waals surface area contributed by atoms with Crippen LogP contribution in [-0.2, 0) is 0 Å². The van der Waals surface area contributed by atoms with Crippen LogP contribution in [0.15, 0.2) is 29.2 Å². The highest BCUT2D eigenvalue weighted by Crippen LogP contribution is 2.26. The first-order chi connectivity index (χ1) is 6.81. The Balaban J connectivity index is 2.27. The van der Waals surface area contributed by atoms with Crippen molar-refractivity contribution in [2.75, 3.05) is 11.4 Å². The zero-order valence-electron chi connectivity index (χ0n) is 7.57.